The van der Waals surface area contributed by atoms with Crippen molar-refractivity contribution in [1.82, 2.24) is 10.6 Å². The fourth-order valence-corrected chi connectivity index (χ4v) is 1.62. The number of carboxylic acids is 1. The van der Waals surface area contributed by atoms with Gasteiger partial charge in [0.25, 0.3) is 0 Å². The Hall–Kier alpha value is -2.15. The van der Waals surface area contributed by atoms with Crippen LogP contribution in [0, 0.1) is 5.82 Å². The number of urea groups is 1. The molecule has 2 atom stereocenters. The zero-order valence-electron chi connectivity index (χ0n) is 11.0. The lowest BCUT2D eigenvalue weighted by molar-refractivity contribution is -0.139. The van der Waals surface area contributed by atoms with Crippen LogP contribution in [-0.4, -0.2) is 34.9 Å². The molecule has 0 saturated carbocycles. The van der Waals surface area contributed by atoms with E-state index in [0.29, 0.717) is 5.56 Å². The summed E-state index contributed by atoms with van der Waals surface area (Å²) in [6.45, 7) is 1.35. The summed E-state index contributed by atoms with van der Waals surface area (Å²) < 4.78 is 12.8. The van der Waals surface area contributed by atoms with Gasteiger partial charge in [-0.1, -0.05) is 12.1 Å². The number of aliphatic hydroxyl groups excluding tert-OH is 1. The highest BCUT2D eigenvalue weighted by Gasteiger charge is 2.20. The quantitative estimate of drug-likeness (QED) is 0.627. The van der Waals surface area contributed by atoms with Gasteiger partial charge in [-0.2, -0.15) is 0 Å². The first-order valence-corrected chi connectivity index (χ1v) is 6.10. The number of aliphatic hydroxyl groups is 1. The van der Waals surface area contributed by atoms with Gasteiger partial charge in [-0.3, -0.25) is 0 Å². The molecule has 0 fully saturated rings. The maximum absolute atomic E-state index is 12.8. The molecular formula is C13H17FN2O4. The number of carbonyl (C=O) groups is 2. The van der Waals surface area contributed by atoms with Crippen LogP contribution in [0.2, 0.25) is 0 Å². The van der Waals surface area contributed by atoms with Crippen molar-refractivity contribution in [2.45, 2.75) is 25.4 Å². The lowest BCUT2D eigenvalue weighted by Gasteiger charge is -2.18. The topological polar surface area (TPSA) is 98.7 Å². The molecule has 0 saturated heterocycles. The van der Waals surface area contributed by atoms with E-state index in [1.54, 1.807) is 6.92 Å². The number of rotatable bonds is 6. The summed E-state index contributed by atoms with van der Waals surface area (Å²) in [6.07, 6.45) is -0.0757. The number of hydrogen-bond acceptors (Lipinski definition) is 3. The molecule has 0 bridgehead atoms. The second-order valence-electron chi connectivity index (χ2n) is 4.29. The molecule has 0 heterocycles. The van der Waals surface area contributed by atoms with Crippen LogP contribution < -0.4 is 10.6 Å². The number of hydrogen-bond donors (Lipinski definition) is 4. The summed E-state index contributed by atoms with van der Waals surface area (Å²) in [5.41, 5.74) is 0.690. The van der Waals surface area contributed by atoms with Gasteiger partial charge in [0.15, 0.2) is 0 Å². The van der Waals surface area contributed by atoms with Gasteiger partial charge in [0.1, 0.15) is 11.9 Å². The number of halogens is 1. The summed E-state index contributed by atoms with van der Waals surface area (Å²) >= 11 is 0. The lowest BCUT2D eigenvalue weighted by Crippen LogP contribution is -2.47. The highest BCUT2D eigenvalue weighted by molar-refractivity contribution is 5.82. The van der Waals surface area contributed by atoms with Crippen molar-refractivity contribution in [3.05, 3.63) is 35.6 Å². The Bertz CT molecular complexity index is 464. The molecule has 1 unspecified atom stereocenters. The average Bonchev–Trinajstić information content (AvgIpc) is 2.38. The molecule has 1 aromatic carbocycles. The Morgan fingerprint density at radius 2 is 1.85 bits per heavy atom. The second kappa shape index (κ2) is 7.44. The number of benzene rings is 1. The minimum absolute atomic E-state index is 0.0757. The van der Waals surface area contributed by atoms with Crippen molar-refractivity contribution in [3.63, 3.8) is 0 Å². The Morgan fingerprint density at radius 1 is 1.25 bits per heavy atom. The highest BCUT2D eigenvalue weighted by atomic mass is 19.1. The second-order valence-corrected chi connectivity index (χ2v) is 4.29. The third kappa shape index (κ3) is 4.85. The molecule has 6 nitrogen and oxygen atoms in total. The van der Waals surface area contributed by atoms with E-state index >= 15 is 0 Å². The van der Waals surface area contributed by atoms with E-state index in [0.717, 1.165) is 0 Å². The predicted octanol–water partition coefficient (Wildman–Crippen LogP) is 1.02. The minimum atomic E-state index is -1.22. The van der Waals surface area contributed by atoms with E-state index in [4.69, 9.17) is 10.2 Å². The summed E-state index contributed by atoms with van der Waals surface area (Å²) in [7, 11) is 0. The number of nitrogens with one attached hydrogen (secondary N) is 2. The van der Waals surface area contributed by atoms with Crippen LogP contribution in [0.4, 0.5) is 9.18 Å². The predicted molar refractivity (Wildman–Crippen MR) is 69.6 cm³/mol. The Balaban J connectivity index is 2.56. The van der Waals surface area contributed by atoms with Crippen LogP contribution >= 0.6 is 0 Å². The van der Waals surface area contributed by atoms with E-state index in [2.05, 4.69) is 10.6 Å². The van der Waals surface area contributed by atoms with Gasteiger partial charge in [-0.05, 0) is 24.6 Å². The molecule has 20 heavy (non-hydrogen) atoms. The molecule has 7 heteroatoms. The zero-order valence-corrected chi connectivity index (χ0v) is 11.0. The van der Waals surface area contributed by atoms with E-state index in [1.807, 2.05) is 0 Å². The minimum Gasteiger partial charge on any atom is -0.480 e. The Morgan fingerprint density at radius 3 is 2.35 bits per heavy atom. The van der Waals surface area contributed by atoms with Gasteiger partial charge in [-0.25, -0.2) is 14.0 Å². The first kappa shape index (κ1) is 15.9. The van der Waals surface area contributed by atoms with Gasteiger partial charge in [0.05, 0.1) is 6.04 Å². The molecular weight excluding hydrogens is 267 g/mol. The molecule has 0 aromatic heterocycles. The first-order chi connectivity index (χ1) is 9.43. The highest BCUT2D eigenvalue weighted by Crippen LogP contribution is 2.12. The smallest absolute Gasteiger partial charge is 0.326 e. The van der Waals surface area contributed by atoms with Gasteiger partial charge in [-0.15, -0.1) is 0 Å². The van der Waals surface area contributed by atoms with Crippen molar-refractivity contribution in [3.8, 4) is 0 Å². The molecule has 4 N–H and O–H groups in total. The van der Waals surface area contributed by atoms with Crippen molar-refractivity contribution in [1.29, 1.82) is 0 Å². The van der Waals surface area contributed by atoms with Crippen molar-refractivity contribution >= 4 is 12.0 Å². The van der Waals surface area contributed by atoms with E-state index in [-0.39, 0.29) is 18.8 Å². The zero-order chi connectivity index (χ0) is 15.1. The number of aliphatic carboxylic acids is 1. The molecule has 0 radical (unpaired) electrons. The molecule has 0 aliphatic carbocycles. The van der Waals surface area contributed by atoms with Gasteiger partial charge < -0.3 is 20.8 Å². The fourth-order valence-electron chi connectivity index (χ4n) is 1.62. The van der Waals surface area contributed by atoms with Crippen LogP contribution in [-0.2, 0) is 4.79 Å². The molecule has 1 rings (SSSR count). The lowest BCUT2D eigenvalue weighted by atomic mass is 10.1. The van der Waals surface area contributed by atoms with Crippen molar-refractivity contribution in [2.24, 2.45) is 0 Å². The normalized spacial score (nSPS) is 13.3. The maximum atomic E-state index is 12.8. The number of carboxylic acid groups (broad SMARTS) is 1. The average molecular weight is 284 g/mol. The fraction of sp³-hybridized carbons (Fsp3) is 0.385. The summed E-state index contributed by atoms with van der Waals surface area (Å²) in [6, 6.07) is 3.39. The third-order valence-corrected chi connectivity index (χ3v) is 2.74. The monoisotopic (exact) mass is 284 g/mol. The van der Waals surface area contributed by atoms with Crippen molar-refractivity contribution in [2.75, 3.05) is 6.61 Å². The van der Waals surface area contributed by atoms with E-state index in [9.17, 15) is 14.0 Å². The first-order valence-electron chi connectivity index (χ1n) is 6.10. The number of carbonyl (C=O) groups excluding carboxylic acids is 1. The molecule has 1 aromatic rings. The third-order valence-electron chi connectivity index (χ3n) is 2.74. The SMILES string of the molecule is CC(NC(=O)N[C@H](CCO)C(=O)O)c1ccc(F)cc1. The van der Waals surface area contributed by atoms with Crippen LogP contribution in [0.15, 0.2) is 24.3 Å². The standard InChI is InChI=1S/C13H17FN2O4/c1-8(9-2-4-10(14)5-3-9)15-13(20)16-11(6-7-17)12(18)19/h2-5,8,11,17H,6-7H2,1H3,(H,18,19)(H2,15,16,20)/t8?,11-/m1/s1. The Kier molecular flexibility index (Phi) is 5.92. The van der Waals surface area contributed by atoms with E-state index in [1.165, 1.54) is 24.3 Å². The Labute approximate surface area is 115 Å². The van der Waals surface area contributed by atoms with E-state index < -0.39 is 24.1 Å². The molecule has 2 amide bonds. The van der Waals surface area contributed by atoms with Gasteiger partial charge in [0.2, 0.25) is 0 Å². The summed E-state index contributed by atoms with van der Waals surface area (Å²) in [4.78, 5) is 22.5. The molecule has 110 valence electrons. The van der Waals surface area contributed by atoms with Gasteiger partial charge >= 0.3 is 12.0 Å². The summed E-state index contributed by atoms with van der Waals surface area (Å²) in [5, 5.41) is 22.3. The largest absolute Gasteiger partial charge is 0.480 e. The van der Waals surface area contributed by atoms with Gasteiger partial charge in [0, 0.05) is 13.0 Å². The van der Waals surface area contributed by atoms with Crippen LogP contribution in [0.25, 0.3) is 0 Å². The number of amides is 2. The molecule has 0 spiro atoms. The molecule has 0 aliphatic rings. The summed E-state index contributed by atoms with van der Waals surface area (Å²) in [5.74, 6) is -1.59. The van der Waals surface area contributed by atoms with Crippen LogP contribution in [0.3, 0.4) is 0 Å². The van der Waals surface area contributed by atoms with Crippen LogP contribution in [0.1, 0.15) is 24.9 Å². The van der Waals surface area contributed by atoms with Crippen LogP contribution in [0.5, 0.6) is 0 Å². The maximum Gasteiger partial charge on any atom is 0.326 e. The van der Waals surface area contributed by atoms with Crippen molar-refractivity contribution < 1.29 is 24.2 Å². The molecule has 0 aliphatic heterocycles.